The molecular formula is C17H13ClN4S. The highest BCUT2D eigenvalue weighted by Crippen LogP contribution is 2.31. The molecule has 2 aromatic rings. The largest absolute Gasteiger partial charge is 0.292 e. The summed E-state index contributed by atoms with van der Waals surface area (Å²) in [4.78, 5) is 2.10. The van der Waals surface area contributed by atoms with E-state index in [0.717, 1.165) is 15.4 Å². The average molecular weight is 341 g/mol. The third-order valence-electron chi connectivity index (χ3n) is 3.05. The Morgan fingerprint density at radius 3 is 2.52 bits per heavy atom. The van der Waals surface area contributed by atoms with E-state index in [9.17, 15) is 0 Å². The molecule has 0 spiro atoms. The van der Waals surface area contributed by atoms with E-state index >= 15 is 0 Å². The zero-order valence-corrected chi connectivity index (χ0v) is 13.7. The van der Waals surface area contributed by atoms with Crippen LogP contribution in [0.4, 0.5) is 0 Å². The molecule has 0 amide bonds. The monoisotopic (exact) mass is 340 g/mol. The van der Waals surface area contributed by atoms with Gasteiger partial charge < -0.3 is 0 Å². The number of nitrogens with one attached hydrogen (secondary N) is 2. The summed E-state index contributed by atoms with van der Waals surface area (Å²) in [6.07, 6.45) is 0. The summed E-state index contributed by atoms with van der Waals surface area (Å²) in [6.45, 7) is 0.402. The molecule has 0 radical (unpaired) electrons. The van der Waals surface area contributed by atoms with E-state index in [0.29, 0.717) is 11.6 Å². The average Bonchev–Trinajstić information content (AvgIpc) is 2.58. The van der Waals surface area contributed by atoms with Crippen molar-refractivity contribution in [2.24, 2.45) is 0 Å². The normalized spacial score (nSPS) is 11.3. The van der Waals surface area contributed by atoms with Crippen LogP contribution in [0, 0.1) is 28.1 Å². The van der Waals surface area contributed by atoms with Crippen molar-refractivity contribution >= 4 is 29.1 Å². The molecule has 0 saturated heterocycles. The van der Waals surface area contributed by atoms with Gasteiger partial charge in [0.15, 0.2) is 0 Å². The maximum Gasteiger partial charge on any atom is 0.148 e. The first kappa shape index (κ1) is 17.1. The maximum absolute atomic E-state index is 9.01. The summed E-state index contributed by atoms with van der Waals surface area (Å²) >= 11 is 7.49. The summed E-state index contributed by atoms with van der Waals surface area (Å²) in [7, 11) is 0. The summed E-state index contributed by atoms with van der Waals surface area (Å²) in [6, 6.07) is 18.1. The van der Waals surface area contributed by atoms with E-state index in [1.807, 2.05) is 54.6 Å². The van der Waals surface area contributed by atoms with Gasteiger partial charge in [-0.15, -0.1) is 0 Å². The van der Waals surface area contributed by atoms with E-state index in [1.165, 1.54) is 0 Å². The fraction of sp³-hybridized carbons (Fsp3) is 0.118. The predicted molar refractivity (Wildman–Crippen MR) is 91.6 cm³/mol. The Hall–Kier alpha value is -2.31. The van der Waals surface area contributed by atoms with E-state index < -0.39 is 6.04 Å². The van der Waals surface area contributed by atoms with Crippen LogP contribution in [0.25, 0.3) is 0 Å². The third-order valence-corrected chi connectivity index (χ3v) is 4.43. The highest BCUT2D eigenvalue weighted by Gasteiger charge is 2.13. The number of nitrogens with zero attached hydrogens (tertiary/aromatic N) is 2. The van der Waals surface area contributed by atoms with Gasteiger partial charge in [-0.3, -0.25) is 10.7 Å². The molecule has 6 heteroatoms. The lowest BCUT2D eigenvalue weighted by atomic mass is 10.1. The van der Waals surface area contributed by atoms with Crippen molar-refractivity contribution in [1.29, 1.82) is 15.9 Å². The fourth-order valence-electron chi connectivity index (χ4n) is 1.87. The molecule has 0 saturated carbocycles. The number of benzene rings is 2. The van der Waals surface area contributed by atoms with Gasteiger partial charge in [-0.1, -0.05) is 41.6 Å². The van der Waals surface area contributed by atoms with Crippen LogP contribution in [0.3, 0.4) is 0 Å². The highest BCUT2D eigenvalue weighted by atomic mass is 35.5. The van der Waals surface area contributed by atoms with Crippen molar-refractivity contribution in [3.63, 3.8) is 0 Å². The minimum atomic E-state index is -0.895. The van der Waals surface area contributed by atoms with E-state index in [4.69, 9.17) is 27.5 Å². The lowest BCUT2D eigenvalue weighted by Gasteiger charge is -2.12. The van der Waals surface area contributed by atoms with Crippen LogP contribution in [-0.4, -0.2) is 11.8 Å². The van der Waals surface area contributed by atoms with Crippen molar-refractivity contribution in [2.75, 3.05) is 0 Å². The quantitative estimate of drug-likeness (QED) is 0.778. The van der Waals surface area contributed by atoms with Gasteiger partial charge in [0, 0.05) is 21.4 Å². The van der Waals surface area contributed by atoms with Crippen molar-refractivity contribution < 1.29 is 0 Å². The summed E-state index contributed by atoms with van der Waals surface area (Å²) in [5.41, 5.74) is 0.716. The molecule has 1 unspecified atom stereocenters. The number of hydrogen-bond donors (Lipinski definition) is 2. The Balaban J connectivity index is 2.12. The van der Waals surface area contributed by atoms with Crippen molar-refractivity contribution in [3.05, 3.63) is 59.1 Å². The molecule has 0 heterocycles. The Labute approximate surface area is 144 Å². The highest BCUT2D eigenvalue weighted by molar-refractivity contribution is 7.99. The second-order valence-corrected chi connectivity index (χ2v) is 6.18. The minimum Gasteiger partial charge on any atom is -0.292 e. The molecule has 0 aromatic heterocycles. The molecule has 0 fully saturated rings. The van der Waals surface area contributed by atoms with E-state index in [1.54, 1.807) is 17.8 Å². The molecule has 114 valence electrons. The van der Waals surface area contributed by atoms with Crippen molar-refractivity contribution in [1.82, 2.24) is 5.32 Å². The van der Waals surface area contributed by atoms with Gasteiger partial charge in [0.25, 0.3) is 0 Å². The summed E-state index contributed by atoms with van der Waals surface area (Å²) < 4.78 is 0. The number of nitriles is 2. The minimum absolute atomic E-state index is 0.282. The summed E-state index contributed by atoms with van der Waals surface area (Å²) in [5.74, 6) is 0. The zero-order chi connectivity index (χ0) is 16.7. The molecule has 2 rings (SSSR count). The second-order valence-electron chi connectivity index (χ2n) is 4.63. The van der Waals surface area contributed by atoms with E-state index in [-0.39, 0.29) is 5.71 Å². The molecule has 0 aliphatic carbocycles. The third kappa shape index (κ3) is 4.84. The lowest BCUT2D eigenvalue weighted by molar-refractivity contribution is 0.697. The predicted octanol–water partition coefficient (Wildman–Crippen LogP) is 4.02. The van der Waals surface area contributed by atoms with Gasteiger partial charge in [0.2, 0.25) is 0 Å². The Morgan fingerprint density at radius 1 is 1.17 bits per heavy atom. The first-order valence-corrected chi connectivity index (χ1v) is 7.96. The van der Waals surface area contributed by atoms with Crippen LogP contribution < -0.4 is 5.32 Å². The van der Waals surface area contributed by atoms with Gasteiger partial charge in [0.1, 0.15) is 17.8 Å². The second kappa shape index (κ2) is 8.36. The van der Waals surface area contributed by atoms with Crippen molar-refractivity contribution in [2.45, 2.75) is 22.4 Å². The van der Waals surface area contributed by atoms with Crippen LogP contribution >= 0.6 is 23.4 Å². The molecule has 0 aliphatic rings. The molecular weight excluding hydrogens is 328 g/mol. The number of hydrogen-bond acceptors (Lipinski definition) is 5. The molecule has 0 aliphatic heterocycles. The van der Waals surface area contributed by atoms with Gasteiger partial charge in [0.05, 0.1) is 6.07 Å². The smallest absolute Gasteiger partial charge is 0.148 e. The topological polar surface area (TPSA) is 83.5 Å². The van der Waals surface area contributed by atoms with Crippen LogP contribution in [0.2, 0.25) is 5.02 Å². The Morgan fingerprint density at radius 2 is 1.87 bits per heavy atom. The lowest BCUT2D eigenvalue weighted by Crippen LogP contribution is -2.33. The molecule has 1 atom stereocenters. The number of halogens is 1. The van der Waals surface area contributed by atoms with Crippen LogP contribution in [0.15, 0.2) is 58.3 Å². The molecule has 4 nitrogen and oxygen atoms in total. The van der Waals surface area contributed by atoms with Gasteiger partial charge >= 0.3 is 0 Å². The van der Waals surface area contributed by atoms with Crippen LogP contribution in [-0.2, 0) is 6.54 Å². The van der Waals surface area contributed by atoms with Crippen LogP contribution in [0.1, 0.15) is 5.56 Å². The first-order valence-electron chi connectivity index (χ1n) is 6.77. The van der Waals surface area contributed by atoms with Gasteiger partial charge in [-0.25, -0.2) is 0 Å². The van der Waals surface area contributed by atoms with E-state index in [2.05, 4.69) is 5.32 Å². The fourth-order valence-corrected chi connectivity index (χ4v) is 2.94. The van der Waals surface area contributed by atoms with Gasteiger partial charge in [-0.2, -0.15) is 10.5 Å². The molecule has 2 aromatic carbocycles. The van der Waals surface area contributed by atoms with Gasteiger partial charge in [-0.05, 0) is 35.9 Å². The molecule has 0 bridgehead atoms. The Bertz CT molecular complexity index is 774. The zero-order valence-electron chi connectivity index (χ0n) is 12.1. The maximum atomic E-state index is 9.01. The first-order chi connectivity index (χ1) is 11.1. The van der Waals surface area contributed by atoms with Crippen molar-refractivity contribution in [3.8, 4) is 12.1 Å². The molecule has 2 N–H and O–H groups in total. The summed E-state index contributed by atoms with van der Waals surface area (Å²) in [5, 5.41) is 28.8. The SMILES string of the molecule is N#CC(=N)C(C#N)NCc1ccccc1Sc1ccc(Cl)cc1. The standard InChI is InChI=1S/C17H13ClN4S/c18-13-5-7-14(8-6-13)23-17-4-2-1-3-12(17)11-22-16(10-20)15(21)9-19/h1-8,16,21-22H,11H2. The van der Waals surface area contributed by atoms with Crippen LogP contribution in [0.5, 0.6) is 0 Å². The molecule has 23 heavy (non-hydrogen) atoms. The Kier molecular flexibility index (Phi) is 6.19. The number of rotatable bonds is 6.